The van der Waals surface area contributed by atoms with E-state index in [1.54, 1.807) is 24.3 Å². The molecule has 1 aliphatic rings. The third kappa shape index (κ3) is 6.33. The van der Waals surface area contributed by atoms with Crippen LogP contribution >= 0.6 is 0 Å². The molecule has 6 nitrogen and oxygen atoms in total. The third-order valence-electron chi connectivity index (χ3n) is 4.30. The number of rotatable bonds is 8. The first kappa shape index (κ1) is 18.8. The fraction of sp³-hybridized carbons (Fsp3) is 0.333. The Hall–Kier alpha value is -3.02. The van der Waals surface area contributed by atoms with Crippen molar-refractivity contribution in [3.63, 3.8) is 0 Å². The Morgan fingerprint density at radius 1 is 0.889 bits per heavy atom. The van der Waals surface area contributed by atoms with Crippen LogP contribution in [0, 0.1) is 0 Å². The minimum Gasteiger partial charge on any atom is -0.490 e. The van der Waals surface area contributed by atoms with Crippen molar-refractivity contribution in [2.75, 3.05) is 18.5 Å². The lowest BCUT2D eigenvalue weighted by atomic mass is 10.2. The number of ether oxygens (including phenoxy) is 2. The van der Waals surface area contributed by atoms with Gasteiger partial charge in [-0.15, -0.1) is 0 Å². The van der Waals surface area contributed by atoms with E-state index < -0.39 is 0 Å². The Morgan fingerprint density at radius 3 is 2.30 bits per heavy atom. The Kier molecular flexibility index (Phi) is 6.68. The maximum atomic E-state index is 12.0. The Balaban J connectivity index is 1.36. The van der Waals surface area contributed by atoms with Crippen molar-refractivity contribution in [2.24, 2.45) is 0 Å². The maximum Gasteiger partial charge on any atom is 0.258 e. The van der Waals surface area contributed by atoms with Crippen LogP contribution in [0.2, 0.25) is 0 Å². The lowest BCUT2D eigenvalue weighted by Gasteiger charge is -2.13. The van der Waals surface area contributed by atoms with Crippen LogP contribution in [0.5, 0.6) is 11.5 Å². The van der Waals surface area contributed by atoms with Crippen LogP contribution in [0.15, 0.2) is 54.6 Å². The van der Waals surface area contributed by atoms with Gasteiger partial charge in [0.05, 0.1) is 12.6 Å². The number of hydrogen-bond acceptors (Lipinski definition) is 4. The van der Waals surface area contributed by atoms with E-state index in [1.807, 2.05) is 30.3 Å². The molecule has 6 heteroatoms. The Labute approximate surface area is 158 Å². The second-order valence-corrected chi connectivity index (χ2v) is 6.48. The largest absolute Gasteiger partial charge is 0.490 e. The van der Waals surface area contributed by atoms with Gasteiger partial charge >= 0.3 is 0 Å². The molecule has 0 unspecified atom stereocenters. The van der Waals surface area contributed by atoms with Crippen LogP contribution in [0.25, 0.3) is 0 Å². The van der Waals surface area contributed by atoms with Crippen molar-refractivity contribution in [2.45, 2.75) is 31.8 Å². The zero-order chi connectivity index (χ0) is 18.9. The number of nitrogens with one attached hydrogen (secondary N) is 2. The minimum atomic E-state index is -0.352. The third-order valence-corrected chi connectivity index (χ3v) is 4.30. The summed E-state index contributed by atoms with van der Waals surface area (Å²) in [7, 11) is 0. The number of amides is 2. The molecule has 0 spiro atoms. The molecule has 0 radical (unpaired) electrons. The van der Waals surface area contributed by atoms with Gasteiger partial charge in [-0.3, -0.25) is 9.59 Å². The lowest BCUT2D eigenvalue weighted by Crippen LogP contribution is -2.35. The van der Waals surface area contributed by atoms with Gasteiger partial charge in [-0.2, -0.15) is 0 Å². The standard InChI is InChI=1S/C21H24N2O4/c24-20(14-22-21(25)15-26-17-6-2-1-3-7-17)23-16-10-12-19(13-11-16)27-18-8-4-5-9-18/h1-3,6-7,10-13,18H,4-5,8-9,14-15H2,(H,22,25)(H,23,24). The summed E-state index contributed by atoms with van der Waals surface area (Å²) in [5.41, 5.74) is 0.661. The Bertz CT molecular complexity index is 741. The molecule has 142 valence electrons. The molecule has 2 N–H and O–H groups in total. The molecule has 2 aromatic rings. The molecule has 0 saturated heterocycles. The molecule has 0 atom stereocenters. The lowest BCUT2D eigenvalue weighted by molar-refractivity contribution is -0.125. The van der Waals surface area contributed by atoms with Crippen LogP contribution in [-0.2, 0) is 9.59 Å². The SMILES string of the molecule is O=C(COc1ccccc1)NCC(=O)Nc1ccc(OC2CCCC2)cc1. The molecule has 0 heterocycles. The van der Waals surface area contributed by atoms with E-state index in [2.05, 4.69) is 10.6 Å². The molecule has 1 saturated carbocycles. The molecular weight excluding hydrogens is 344 g/mol. The summed E-state index contributed by atoms with van der Waals surface area (Å²) < 4.78 is 11.2. The van der Waals surface area contributed by atoms with Gasteiger partial charge in [0, 0.05) is 5.69 Å². The van der Waals surface area contributed by atoms with Crippen LogP contribution < -0.4 is 20.1 Å². The fourth-order valence-corrected chi connectivity index (χ4v) is 2.92. The van der Waals surface area contributed by atoms with E-state index in [0.29, 0.717) is 17.5 Å². The van der Waals surface area contributed by atoms with Gasteiger partial charge in [-0.25, -0.2) is 0 Å². The highest BCUT2D eigenvalue weighted by Crippen LogP contribution is 2.24. The van der Waals surface area contributed by atoms with Gasteiger partial charge in [0.15, 0.2) is 6.61 Å². The van der Waals surface area contributed by atoms with Crippen LogP contribution in [0.3, 0.4) is 0 Å². The summed E-state index contributed by atoms with van der Waals surface area (Å²) in [4.78, 5) is 23.7. The smallest absolute Gasteiger partial charge is 0.258 e. The molecule has 1 aliphatic carbocycles. The van der Waals surface area contributed by atoms with Gasteiger partial charge < -0.3 is 20.1 Å². The zero-order valence-corrected chi connectivity index (χ0v) is 15.1. The number of para-hydroxylation sites is 1. The maximum absolute atomic E-state index is 12.0. The molecular formula is C21H24N2O4. The summed E-state index contributed by atoms with van der Waals surface area (Å²) in [5, 5.41) is 5.27. The number of benzene rings is 2. The number of carbonyl (C=O) groups excluding carboxylic acids is 2. The van der Waals surface area contributed by atoms with Gasteiger partial charge in [0.25, 0.3) is 5.91 Å². The van der Waals surface area contributed by atoms with Crippen LogP contribution in [0.4, 0.5) is 5.69 Å². The fourth-order valence-electron chi connectivity index (χ4n) is 2.92. The second-order valence-electron chi connectivity index (χ2n) is 6.48. The summed E-state index contributed by atoms with van der Waals surface area (Å²) >= 11 is 0. The summed E-state index contributed by atoms with van der Waals surface area (Å²) in [6.07, 6.45) is 4.96. The van der Waals surface area contributed by atoms with Crippen molar-refractivity contribution in [3.05, 3.63) is 54.6 Å². The highest BCUT2D eigenvalue weighted by atomic mass is 16.5. The van der Waals surface area contributed by atoms with Crippen molar-refractivity contribution in [1.82, 2.24) is 5.32 Å². The first-order chi connectivity index (χ1) is 13.2. The first-order valence-corrected chi connectivity index (χ1v) is 9.20. The second kappa shape index (κ2) is 9.62. The summed E-state index contributed by atoms with van der Waals surface area (Å²) in [5.74, 6) is 0.769. The van der Waals surface area contributed by atoms with E-state index in [-0.39, 0.29) is 25.0 Å². The van der Waals surface area contributed by atoms with Gasteiger partial charge in [-0.1, -0.05) is 18.2 Å². The topological polar surface area (TPSA) is 76.7 Å². The van der Waals surface area contributed by atoms with Gasteiger partial charge in [0.2, 0.25) is 5.91 Å². The first-order valence-electron chi connectivity index (χ1n) is 9.20. The van der Waals surface area contributed by atoms with E-state index in [1.165, 1.54) is 12.8 Å². The highest BCUT2D eigenvalue weighted by Gasteiger charge is 2.16. The average molecular weight is 368 g/mol. The summed E-state index contributed by atoms with van der Waals surface area (Å²) in [6, 6.07) is 16.3. The molecule has 2 amide bonds. The van der Waals surface area contributed by atoms with Crippen molar-refractivity contribution in [1.29, 1.82) is 0 Å². The molecule has 2 aromatic carbocycles. The minimum absolute atomic E-state index is 0.114. The van der Waals surface area contributed by atoms with E-state index in [0.717, 1.165) is 18.6 Å². The van der Waals surface area contributed by atoms with E-state index in [9.17, 15) is 9.59 Å². The molecule has 0 bridgehead atoms. The monoisotopic (exact) mass is 368 g/mol. The molecule has 3 rings (SSSR count). The number of hydrogen-bond donors (Lipinski definition) is 2. The highest BCUT2D eigenvalue weighted by molar-refractivity contribution is 5.94. The van der Waals surface area contributed by atoms with Crippen LogP contribution in [-0.4, -0.2) is 31.1 Å². The predicted molar refractivity (Wildman–Crippen MR) is 103 cm³/mol. The molecule has 0 aromatic heterocycles. The quantitative estimate of drug-likeness (QED) is 0.750. The van der Waals surface area contributed by atoms with Gasteiger partial charge in [-0.05, 0) is 62.1 Å². The normalized spacial score (nSPS) is 13.8. The van der Waals surface area contributed by atoms with E-state index in [4.69, 9.17) is 9.47 Å². The van der Waals surface area contributed by atoms with Crippen molar-refractivity contribution < 1.29 is 19.1 Å². The molecule has 0 aliphatic heterocycles. The number of anilines is 1. The zero-order valence-electron chi connectivity index (χ0n) is 15.1. The number of carbonyl (C=O) groups is 2. The summed E-state index contributed by atoms with van der Waals surface area (Å²) in [6.45, 7) is -0.248. The van der Waals surface area contributed by atoms with E-state index >= 15 is 0 Å². The van der Waals surface area contributed by atoms with Gasteiger partial charge in [0.1, 0.15) is 11.5 Å². The van der Waals surface area contributed by atoms with Crippen molar-refractivity contribution in [3.8, 4) is 11.5 Å². The Morgan fingerprint density at radius 2 is 1.59 bits per heavy atom. The van der Waals surface area contributed by atoms with Crippen LogP contribution in [0.1, 0.15) is 25.7 Å². The average Bonchev–Trinajstić information content (AvgIpc) is 3.20. The van der Waals surface area contributed by atoms with Crippen molar-refractivity contribution >= 4 is 17.5 Å². The molecule has 27 heavy (non-hydrogen) atoms. The predicted octanol–water partition coefficient (Wildman–Crippen LogP) is 3.14. The molecule has 1 fully saturated rings.